The average molecular weight is 984 g/mol. The third-order valence-electron chi connectivity index (χ3n) is 11.4. The van der Waals surface area contributed by atoms with E-state index < -0.39 is 23.6 Å². The van der Waals surface area contributed by atoms with Crippen LogP contribution < -0.4 is 22.1 Å². The molecule has 0 rings (SSSR count). The van der Waals surface area contributed by atoms with Gasteiger partial charge in [0.2, 0.25) is 11.8 Å². The lowest BCUT2D eigenvalue weighted by Gasteiger charge is -2.28. The molecular formula is C53H98N4O8S2. The lowest BCUT2D eigenvalue weighted by Crippen LogP contribution is -2.43. The van der Waals surface area contributed by atoms with Crippen LogP contribution in [0.4, 0.5) is 0 Å². The molecule has 0 aliphatic rings. The van der Waals surface area contributed by atoms with Crippen molar-refractivity contribution in [1.29, 1.82) is 0 Å². The Morgan fingerprint density at radius 2 is 0.925 bits per heavy atom. The van der Waals surface area contributed by atoms with Crippen LogP contribution >= 0.6 is 21.6 Å². The van der Waals surface area contributed by atoms with E-state index >= 15 is 0 Å². The lowest BCUT2D eigenvalue weighted by molar-refractivity contribution is -0.182. The molecule has 0 radical (unpaired) electrons. The summed E-state index contributed by atoms with van der Waals surface area (Å²) in [6.45, 7) is 7.02. The van der Waals surface area contributed by atoms with Crippen molar-refractivity contribution in [1.82, 2.24) is 10.6 Å². The van der Waals surface area contributed by atoms with Crippen molar-refractivity contribution in [2.45, 2.75) is 238 Å². The Bertz CT molecular complexity index is 1290. The summed E-state index contributed by atoms with van der Waals surface area (Å²) in [6, 6.07) is -0.547. The fraction of sp³-hybridized carbons (Fsp3) is 0.830. The molecule has 0 aliphatic carbocycles. The monoisotopic (exact) mass is 983 g/mol. The first kappa shape index (κ1) is 64.5. The van der Waals surface area contributed by atoms with Crippen LogP contribution in [0.2, 0.25) is 0 Å². The Morgan fingerprint density at radius 1 is 0.522 bits per heavy atom. The molecule has 0 saturated carbocycles. The summed E-state index contributed by atoms with van der Waals surface area (Å²) in [5, 5.41) is 5.62. The van der Waals surface area contributed by atoms with Crippen molar-refractivity contribution < 1.29 is 38.2 Å². The molecule has 0 aliphatic heterocycles. The van der Waals surface area contributed by atoms with E-state index in [2.05, 4.69) is 48.8 Å². The smallest absolute Gasteiger partial charge is 0.306 e. The van der Waals surface area contributed by atoms with Crippen LogP contribution in [0, 0.1) is 0 Å². The Kier molecular flexibility index (Phi) is 46.6. The summed E-state index contributed by atoms with van der Waals surface area (Å²) >= 11 is 0. The molecule has 12 nitrogen and oxygen atoms in total. The minimum absolute atomic E-state index is 0.0516. The number of unbranched alkanes of at least 4 members (excludes halogenated alkanes) is 22. The molecule has 0 fully saturated rings. The summed E-state index contributed by atoms with van der Waals surface area (Å²) in [5.41, 5.74) is 9.96. The highest BCUT2D eigenvalue weighted by atomic mass is 33.1. The largest absolute Gasteiger partial charge is 0.461 e. The second kappa shape index (κ2) is 48.5. The number of amides is 2. The van der Waals surface area contributed by atoms with E-state index in [1.165, 1.54) is 89.9 Å². The second-order valence-corrected chi connectivity index (χ2v) is 20.9. The van der Waals surface area contributed by atoms with E-state index in [1.54, 1.807) is 28.5 Å². The zero-order valence-electron chi connectivity index (χ0n) is 42.7. The van der Waals surface area contributed by atoms with E-state index in [9.17, 15) is 24.0 Å². The minimum Gasteiger partial charge on any atom is -0.461 e. The number of carbonyl (C=O) groups excluding carboxylic acids is 5. The first-order valence-corrected chi connectivity index (χ1v) is 29.1. The SMILES string of the molecule is CCCCCCCC/C=C\CCCCCCCC(=O)OC[C@@](C)(COC(=O)CCC(=O)NCCSSCCNC(=O)C(N)CCCN)OC(=O)CCCCCCC/C=C\CCCCCCCC. The maximum Gasteiger partial charge on any atom is 0.306 e. The minimum atomic E-state index is -1.36. The fourth-order valence-corrected chi connectivity index (χ4v) is 9.00. The topological polar surface area (TPSA) is 189 Å². The van der Waals surface area contributed by atoms with Gasteiger partial charge < -0.3 is 36.3 Å². The Hall–Kier alpha value is -2.55. The van der Waals surface area contributed by atoms with Gasteiger partial charge in [0.25, 0.3) is 0 Å². The highest BCUT2D eigenvalue weighted by Gasteiger charge is 2.33. The van der Waals surface area contributed by atoms with Crippen LogP contribution in [0.1, 0.15) is 226 Å². The quantitative estimate of drug-likeness (QED) is 0.0149. The number of hydrogen-bond acceptors (Lipinski definition) is 12. The van der Waals surface area contributed by atoms with Crippen LogP contribution in [0.25, 0.3) is 0 Å². The molecule has 0 saturated heterocycles. The highest BCUT2D eigenvalue weighted by Crippen LogP contribution is 2.20. The van der Waals surface area contributed by atoms with Crippen molar-refractivity contribution in [2.75, 3.05) is 44.4 Å². The molecule has 1 unspecified atom stereocenters. The molecule has 6 N–H and O–H groups in total. The van der Waals surface area contributed by atoms with Gasteiger partial charge in [0, 0.05) is 43.9 Å². The predicted molar refractivity (Wildman–Crippen MR) is 282 cm³/mol. The van der Waals surface area contributed by atoms with Gasteiger partial charge in [0.1, 0.15) is 13.2 Å². The zero-order valence-corrected chi connectivity index (χ0v) is 44.3. The van der Waals surface area contributed by atoms with E-state index in [0.717, 1.165) is 70.6 Å². The molecule has 0 aromatic carbocycles. The molecule has 0 heterocycles. The fourth-order valence-electron chi connectivity index (χ4n) is 7.19. The van der Waals surface area contributed by atoms with E-state index in [0.29, 0.717) is 50.4 Å². The van der Waals surface area contributed by atoms with Gasteiger partial charge in [-0.05, 0) is 90.5 Å². The highest BCUT2D eigenvalue weighted by molar-refractivity contribution is 8.76. The predicted octanol–water partition coefficient (Wildman–Crippen LogP) is 11.9. The molecule has 67 heavy (non-hydrogen) atoms. The summed E-state index contributed by atoms with van der Waals surface area (Å²) < 4.78 is 16.9. The summed E-state index contributed by atoms with van der Waals surface area (Å²) in [4.78, 5) is 62.9. The van der Waals surface area contributed by atoms with Crippen molar-refractivity contribution in [2.24, 2.45) is 11.5 Å². The maximum atomic E-state index is 13.0. The number of hydrogen-bond donors (Lipinski definition) is 4. The first-order chi connectivity index (χ1) is 32.6. The van der Waals surface area contributed by atoms with E-state index in [-0.39, 0.29) is 56.7 Å². The van der Waals surface area contributed by atoms with Gasteiger partial charge in [0.15, 0.2) is 5.60 Å². The number of carbonyl (C=O) groups is 5. The maximum absolute atomic E-state index is 13.0. The van der Waals surface area contributed by atoms with Crippen LogP contribution in [0.3, 0.4) is 0 Å². The van der Waals surface area contributed by atoms with Crippen LogP contribution in [-0.4, -0.2) is 85.7 Å². The Morgan fingerprint density at radius 3 is 1.39 bits per heavy atom. The van der Waals surface area contributed by atoms with E-state index in [4.69, 9.17) is 25.7 Å². The summed E-state index contributed by atoms with van der Waals surface area (Å²) in [6.07, 6.45) is 41.1. The van der Waals surface area contributed by atoms with Gasteiger partial charge in [-0.2, -0.15) is 0 Å². The summed E-state index contributed by atoms with van der Waals surface area (Å²) in [5.74, 6) is -0.509. The molecule has 2 atom stereocenters. The van der Waals surface area contributed by atoms with Crippen molar-refractivity contribution in [3.05, 3.63) is 24.3 Å². The molecule has 0 spiro atoms. The van der Waals surface area contributed by atoms with Gasteiger partial charge in [-0.1, -0.05) is 162 Å². The number of nitrogens with one attached hydrogen (secondary N) is 2. The molecule has 0 aromatic rings. The van der Waals surface area contributed by atoms with Gasteiger partial charge in [-0.25, -0.2) is 0 Å². The Balaban J connectivity index is 4.64. The molecule has 14 heteroatoms. The molecule has 0 aromatic heterocycles. The average Bonchev–Trinajstić information content (AvgIpc) is 3.31. The van der Waals surface area contributed by atoms with Gasteiger partial charge in [0.05, 0.1) is 12.5 Å². The number of ether oxygens (including phenoxy) is 3. The van der Waals surface area contributed by atoms with Crippen LogP contribution in [0.5, 0.6) is 0 Å². The third-order valence-corrected chi connectivity index (χ3v) is 13.8. The van der Waals surface area contributed by atoms with Crippen molar-refractivity contribution >= 4 is 51.3 Å². The van der Waals surface area contributed by atoms with Gasteiger partial charge >= 0.3 is 17.9 Å². The number of nitrogens with two attached hydrogens (primary N) is 2. The van der Waals surface area contributed by atoms with E-state index in [1.807, 2.05) is 0 Å². The lowest BCUT2D eigenvalue weighted by atomic mass is 10.1. The van der Waals surface area contributed by atoms with Crippen molar-refractivity contribution in [3.8, 4) is 0 Å². The summed E-state index contributed by atoms with van der Waals surface area (Å²) in [7, 11) is 3.15. The first-order valence-electron chi connectivity index (χ1n) is 26.6. The van der Waals surface area contributed by atoms with Crippen molar-refractivity contribution in [3.63, 3.8) is 0 Å². The normalized spacial score (nSPS) is 12.9. The van der Waals surface area contributed by atoms with Crippen LogP contribution in [0.15, 0.2) is 24.3 Å². The van der Waals surface area contributed by atoms with Gasteiger partial charge in [-0.15, -0.1) is 0 Å². The number of esters is 3. The zero-order chi connectivity index (χ0) is 49.3. The second-order valence-electron chi connectivity index (χ2n) is 18.2. The molecule has 2 amide bonds. The Labute approximate surface area is 416 Å². The standard InChI is InChI=1S/C53H98N4O8S2/c1-4-6-8-10-12-14-16-18-20-22-24-26-28-30-32-36-49(59)63-45-53(3,65-51(61)37-33-31-29-27-25-23-21-19-17-15-13-11-9-7-5-2)46-64-50(60)39-38-48(58)56-41-43-66-67-44-42-57-52(62)47(55)35-34-40-54/h18-21,47H,4-17,22-46,54-55H2,1-3H3,(H,56,58)(H,57,62)/b20-18-,21-19-/t47?,53-/m0/s1. The molecular weight excluding hydrogens is 885 g/mol. The molecule has 0 bridgehead atoms. The van der Waals surface area contributed by atoms with Gasteiger partial charge in [-0.3, -0.25) is 24.0 Å². The third kappa shape index (κ3) is 45.6. The number of allylic oxidation sites excluding steroid dienone is 4. The molecule has 390 valence electrons. The number of rotatable bonds is 49. The van der Waals surface area contributed by atoms with Crippen LogP contribution in [-0.2, 0) is 38.2 Å².